The minimum Gasteiger partial charge on any atom is -0.389 e. The van der Waals surface area contributed by atoms with Crippen LogP contribution in [-0.2, 0) is 6.54 Å². The molecule has 24 heavy (non-hydrogen) atoms. The Morgan fingerprint density at radius 2 is 1.96 bits per heavy atom. The Morgan fingerprint density at radius 3 is 2.54 bits per heavy atom. The molecule has 0 aliphatic heterocycles. The van der Waals surface area contributed by atoms with E-state index in [1.165, 1.54) is 18.5 Å². The molecule has 2 heterocycles. The molecule has 124 valence electrons. The van der Waals surface area contributed by atoms with Gasteiger partial charge in [0, 0.05) is 17.7 Å². The molecule has 9 nitrogen and oxygen atoms in total. The van der Waals surface area contributed by atoms with Crippen LogP contribution in [-0.4, -0.2) is 35.4 Å². The molecule has 0 amide bonds. The highest BCUT2D eigenvalue weighted by atomic mass is 16.6. The third-order valence-corrected chi connectivity index (χ3v) is 3.45. The highest BCUT2D eigenvalue weighted by Gasteiger charge is 2.21. The normalized spacial score (nSPS) is 11.8. The number of hydrogen-bond acceptors (Lipinski definition) is 7. The van der Waals surface area contributed by atoms with Crippen molar-refractivity contribution in [3.05, 3.63) is 40.7 Å². The third kappa shape index (κ3) is 2.88. The van der Waals surface area contributed by atoms with Gasteiger partial charge in [-0.3, -0.25) is 10.1 Å². The van der Waals surface area contributed by atoms with Crippen LogP contribution in [0.3, 0.4) is 0 Å². The van der Waals surface area contributed by atoms with Gasteiger partial charge in [-0.15, -0.1) is 0 Å². The van der Waals surface area contributed by atoms with Gasteiger partial charge in [0.25, 0.3) is 5.69 Å². The number of fused-ring (bicyclic) bond motifs is 1. The number of rotatable bonds is 4. The molecule has 0 aliphatic rings. The van der Waals surface area contributed by atoms with Crippen molar-refractivity contribution in [3.63, 3.8) is 0 Å². The van der Waals surface area contributed by atoms with Crippen molar-refractivity contribution >= 4 is 22.5 Å². The summed E-state index contributed by atoms with van der Waals surface area (Å²) in [7, 11) is 0. The molecular weight excluding hydrogens is 312 g/mol. The number of non-ortho nitro benzene ring substituents is 1. The monoisotopic (exact) mass is 328 g/mol. The third-order valence-electron chi connectivity index (χ3n) is 3.45. The Balaban J connectivity index is 2.18. The molecule has 0 unspecified atom stereocenters. The van der Waals surface area contributed by atoms with Crippen LogP contribution in [0, 0.1) is 10.1 Å². The minimum absolute atomic E-state index is 0.0109. The van der Waals surface area contributed by atoms with Crippen molar-refractivity contribution < 1.29 is 10.0 Å². The predicted octanol–water partition coefficient (Wildman–Crippen LogP) is 1.75. The summed E-state index contributed by atoms with van der Waals surface area (Å²) in [6.07, 6.45) is 1.33. The molecule has 0 fully saturated rings. The summed E-state index contributed by atoms with van der Waals surface area (Å²) < 4.78 is 1.56. The second kappa shape index (κ2) is 5.53. The maximum atomic E-state index is 10.8. The van der Waals surface area contributed by atoms with E-state index in [1.807, 2.05) is 0 Å². The predicted molar refractivity (Wildman–Crippen MR) is 88.1 cm³/mol. The zero-order chi connectivity index (χ0) is 17.5. The fourth-order valence-electron chi connectivity index (χ4n) is 2.45. The maximum absolute atomic E-state index is 10.8. The van der Waals surface area contributed by atoms with E-state index in [-0.39, 0.29) is 18.1 Å². The first-order valence-corrected chi connectivity index (χ1v) is 7.20. The smallest absolute Gasteiger partial charge is 0.269 e. The standard InChI is InChI=1S/C15H16N6O3/c1-15(2,22)7-20-14-11(13(16)17-8-18-14)12(19-20)9-3-5-10(6-4-9)21(23)24/h3-6,8,22H,7H2,1-2H3,(H2,16,17,18). The minimum atomic E-state index is -0.995. The first-order valence-electron chi connectivity index (χ1n) is 7.20. The van der Waals surface area contributed by atoms with Crippen LogP contribution < -0.4 is 5.73 Å². The summed E-state index contributed by atoms with van der Waals surface area (Å²) in [4.78, 5) is 18.5. The van der Waals surface area contributed by atoms with Gasteiger partial charge in [-0.1, -0.05) is 0 Å². The van der Waals surface area contributed by atoms with E-state index in [0.717, 1.165) is 0 Å². The molecule has 3 aromatic rings. The first-order chi connectivity index (χ1) is 11.3. The Morgan fingerprint density at radius 1 is 1.29 bits per heavy atom. The van der Waals surface area contributed by atoms with Crippen molar-refractivity contribution in [1.82, 2.24) is 19.7 Å². The van der Waals surface area contributed by atoms with E-state index in [2.05, 4.69) is 15.1 Å². The number of hydrogen-bond donors (Lipinski definition) is 2. The Labute approximate surface area is 136 Å². The summed E-state index contributed by atoms with van der Waals surface area (Å²) in [6, 6.07) is 5.99. The summed E-state index contributed by atoms with van der Waals surface area (Å²) in [5.41, 5.74) is 6.64. The summed E-state index contributed by atoms with van der Waals surface area (Å²) in [6.45, 7) is 3.54. The van der Waals surface area contributed by atoms with Gasteiger partial charge in [0.1, 0.15) is 17.8 Å². The molecule has 0 radical (unpaired) electrons. The van der Waals surface area contributed by atoms with Crippen LogP contribution in [0.15, 0.2) is 30.6 Å². The molecule has 0 atom stereocenters. The van der Waals surface area contributed by atoms with Crippen LogP contribution in [0.5, 0.6) is 0 Å². The number of nitrogens with zero attached hydrogens (tertiary/aromatic N) is 5. The van der Waals surface area contributed by atoms with Crippen LogP contribution in [0.4, 0.5) is 11.5 Å². The largest absolute Gasteiger partial charge is 0.389 e. The summed E-state index contributed by atoms with van der Waals surface area (Å²) in [5.74, 6) is 0.260. The number of aromatic nitrogens is 4. The lowest BCUT2D eigenvalue weighted by Crippen LogP contribution is -2.26. The van der Waals surface area contributed by atoms with Gasteiger partial charge in [-0.2, -0.15) is 5.10 Å². The topological polar surface area (TPSA) is 133 Å². The van der Waals surface area contributed by atoms with Gasteiger partial charge >= 0.3 is 0 Å². The molecule has 0 spiro atoms. The average Bonchev–Trinajstić information content (AvgIpc) is 2.86. The first kappa shape index (κ1) is 15.8. The number of nitro benzene ring substituents is 1. The lowest BCUT2D eigenvalue weighted by molar-refractivity contribution is -0.384. The molecule has 3 rings (SSSR count). The van der Waals surface area contributed by atoms with E-state index < -0.39 is 10.5 Å². The van der Waals surface area contributed by atoms with Crippen molar-refractivity contribution in [2.75, 3.05) is 5.73 Å². The second-order valence-corrected chi connectivity index (χ2v) is 6.08. The molecule has 2 aromatic heterocycles. The maximum Gasteiger partial charge on any atom is 0.269 e. The lowest BCUT2D eigenvalue weighted by atomic mass is 10.1. The van der Waals surface area contributed by atoms with E-state index in [0.29, 0.717) is 22.3 Å². The number of nitrogen functional groups attached to an aromatic ring is 1. The fourth-order valence-corrected chi connectivity index (χ4v) is 2.45. The number of benzene rings is 1. The van der Waals surface area contributed by atoms with Crippen molar-refractivity contribution in [1.29, 1.82) is 0 Å². The van der Waals surface area contributed by atoms with Crippen LogP contribution >= 0.6 is 0 Å². The molecular formula is C15H16N6O3. The van der Waals surface area contributed by atoms with Crippen molar-refractivity contribution in [2.24, 2.45) is 0 Å². The highest BCUT2D eigenvalue weighted by molar-refractivity contribution is 5.98. The number of nitrogens with two attached hydrogens (primary N) is 1. The van der Waals surface area contributed by atoms with Crippen molar-refractivity contribution in [2.45, 2.75) is 26.0 Å². The van der Waals surface area contributed by atoms with E-state index in [4.69, 9.17) is 5.73 Å². The number of anilines is 1. The SMILES string of the molecule is CC(C)(O)Cn1nc(-c2ccc([N+](=O)[O-])cc2)c2c(N)ncnc21. The van der Waals surface area contributed by atoms with E-state index >= 15 is 0 Å². The highest BCUT2D eigenvalue weighted by Crippen LogP contribution is 2.31. The van der Waals surface area contributed by atoms with Gasteiger partial charge < -0.3 is 10.8 Å². The molecule has 1 aromatic carbocycles. The molecule has 0 saturated carbocycles. The van der Waals surface area contributed by atoms with Crippen LogP contribution in [0.25, 0.3) is 22.3 Å². The summed E-state index contributed by atoms with van der Waals surface area (Å²) in [5, 5.41) is 25.9. The van der Waals surface area contributed by atoms with Gasteiger partial charge in [-0.25, -0.2) is 14.6 Å². The van der Waals surface area contributed by atoms with Gasteiger partial charge in [0.15, 0.2) is 5.65 Å². The van der Waals surface area contributed by atoms with E-state index in [9.17, 15) is 15.2 Å². The Hall–Kier alpha value is -3.07. The van der Waals surface area contributed by atoms with Gasteiger partial charge in [0.2, 0.25) is 0 Å². The Kier molecular flexibility index (Phi) is 3.64. The van der Waals surface area contributed by atoms with Crippen LogP contribution in [0.1, 0.15) is 13.8 Å². The molecule has 0 aliphatic carbocycles. The second-order valence-electron chi connectivity index (χ2n) is 6.08. The summed E-state index contributed by atoms with van der Waals surface area (Å²) >= 11 is 0. The molecule has 9 heteroatoms. The average molecular weight is 328 g/mol. The molecule has 0 saturated heterocycles. The molecule has 0 bridgehead atoms. The van der Waals surface area contributed by atoms with Gasteiger partial charge in [0.05, 0.1) is 22.5 Å². The Bertz CT molecular complexity index is 911. The van der Waals surface area contributed by atoms with Gasteiger partial charge in [-0.05, 0) is 26.0 Å². The quantitative estimate of drug-likeness (QED) is 0.550. The zero-order valence-electron chi connectivity index (χ0n) is 13.2. The number of nitro groups is 1. The fraction of sp³-hybridized carbons (Fsp3) is 0.267. The lowest BCUT2D eigenvalue weighted by Gasteiger charge is -2.16. The van der Waals surface area contributed by atoms with Crippen molar-refractivity contribution in [3.8, 4) is 11.3 Å². The number of aliphatic hydroxyl groups is 1. The van der Waals surface area contributed by atoms with E-state index in [1.54, 1.807) is 30.7 Å². The zero-order valence-corrected chi connectivity index (χ0v) is 13.2. The van der Waals surface area contributed by atoms with Crippen LogP contribution in [0.2, 0.25) is 0 Å². The molecule has 3 N–H and O–H groups in total.